The number of carbonyl (C=O) groups is 3. The van der Waals surface area contributed by atoms with E-state index in [2.05, 4.69) is 10.1 Å². The highest BCUT2D eigenvalue weighted by atomic mass is 19.1. The molecule has 0 unspecified atom stereocenters. The lowest BCUT2D eigenvalue weighted by molar-refractivity contribution is -0.116. The number of halogens is 1. The first-order valence-corrected chi connectivity index (χ1v) is 7.92. The second-order valence-corrected chi connectivity index (χ2v) is 5.48. The maximum Gasteiger partial charge on any atom is 0.337 e. The summed E-state index contributed by atoms with van der Waals surface area (Å²) in [6.45, 7) is 1.82. The Bertz CT molecular complexity index is 805. The molecule has 0 aromatic heterocycles. The van der Waals surface area contributed by atoms with Gasteiger partial charge in [-0.3, -0.25) is 9.59 Å². The molecule has 136 valence electrons. The zero-order chi connectivity index (χ0) is 19.1. The molecule has 0 atom stereocenters. The molecule has 0 fully saturated rings. The third-order valence-corrected chi connectivity index (χ3v) is 3.69. The van der Waals surface area contributed by atoms with Crippen LogP contribution in [0.4, 0.5) is 10.1 Å². The Morgan fingerprint density at radius 1 is 1.08 bits per heavy atom. The maximum absolute atomic E-state index is 13.2. The van der Waals surface area contributed by atoms with E-state index in [1.54, 1.807) is 24.3 Å². The Balaban J connectivity index is 1.99. The normalized spacial score (nSPS) is 10.1. The minimum atomic E-state index is -0.492. The number of carbonyl (C=O) groups excluding carboxylic acids is 3. The third kappa shape index (κ3) is 4.89. The monoisotopic (exact) mass is 358 g/mol. The van der Waals surface area contributed by atoms with Crippen LogP contribution in [-0.4, -0.2) is 38.0 Å². The van der Waals surface area contributed by atoms with Crippen molar-refractivity contribution in [3.63, 3.8) is 0 Å². The van der Waals surface area contributed by atoms with E-state index in [9.17, 15) is 18.8 Å². The van der Waals surface area contributed by atoms with Gasteiger partial charge in [-0.25, -0.2) is 9.18 Å². The van der Waals surface area contributed by atoms with E-state index in [0.29, 0.717) is 11.3 Å². The summed E-state index contributed by atoms with van der Waals surface area (Å²) in [4.78, 5) is 36.8. The quantitative estimate of drug-likeness (QED) is 0.805. The first-order chi connectivity index (χ1) is 12.4. The van der Waals surface area contributed by atoms with Crippen molar-refractivity contribution in [1.82, 2.24) is 5.32 Å². The molecular formula is C19H19FN2O4. The number of methoxy groups -OCH3 is 1. The van der Waals surface area contributed by atoms with Gasteiger partial charge in [-0.05, 0) is 42.5 Å². The van der Waals surface area contributed by atoms with Gasteiger partial charge >= 0.3 is 5.97 Å². The van der Waals surface area contributed by atoms with Crippen molar-refractivity contribution >= 4 is 23.5 Å². The topological polar surface area (TPSA) is 75.7 Å². The van der Waals surface area contributed by atoms with Gasteiger partial charge in [-0.1, -0.05) is 6.07 Å². The van der Waals surface area contributed by atoms with Crippen LogP contribution in [0.5, 0.6) is 0 Å². The Labute approximate surface area is 150 Å². The molecule has 7 heteroatoms. The van der Waals surface area contributed by atoms with E-state index < -0.39 is 17.7 Å². The first kappa shape index (κ1) is 19.1. The Morgan fingerprint density at radius 3 is 2.35 bits per heavy atom. The lowest BCUT2D eigenvalue weighted by Gasteiger charge is -2.21. The predicted octanol–water partition coefficient (Wildman–Crippen LogP) is 2.40. The van der Waals surface area contributed by atoms with Gasteiger partial charge in [0.1, 0.15) is 5.82 Å². The number of esters is 1. The minimum absolute atomic E-state index is 0.188. The first-order valence-electron chi connectivity index (χ1n) is 7.92. The Kier molecular flexibility index (Phi) is 6.43. The fourth-order valence-corrected chi connectivity index (χ4v) is 2.38. The smallest absolute Gasteiger partial charge is 0.337 e. The van der Waals surface area contributed by atoms with Crippen LogP contribution in [0.1, 0.15) is 27.6 Å². The van der Waals surface area contributed by atoms with Crippen LogP contribution < -0.4 is 10.2 Å². The van der Waals surface area contributed by atoms with Gasteiger partial charge in [-0.2, -0.15) is 0 Å². The molecule has 0 aliphatic carbocycles. The number of nitrogens with zero attached hydrogens (tertiary/aromatic N) is 1. The van der Waals surface area contributed by atoms with Crippen molar-refractivity contribution < 1.29 is 23.5 Å². The van der Waals surface area contributed by atoms with Gasteiger partial charge in [0.25, 0.3) is 5.91 Å². The van der Waals surface area contributed by atoms with Gasteiger partial charge in [0.2, 0.25) is 5.91 Å². The summed E-state index contributed by atoms with van der Waals surface area (Å²) in [6.07, 6.45) is 0. The molecule has 0 spiro atoms. The number of nitrogens with one attached hydrogen (secondary N) is 1. The van der Waals surface area contributed by atoms with Crippen LogP contribution in [-0.2, 0) is 9.53 Å². The molecular weight excluding hydrogens is 339 g/mol. The molecule has 6 nitrogen and oxygen atoms in total. The molecule has 0 bridgehead atoms. The molecule has 0 radical (unpaired) electrons. The van der Waals surface area contributed by atoms with Crippen LogP contribution in [0.15, 0.2) is 48.5 Å². The molecule has 26 heavy (non-hydrogen) atoms. The SMILES string of the molecule is COC(=O)c1ccc(N(CCNC(=O)c2cccc(F)c2)C(C)=O)cc1. The Morgan fingerprint density at radius 2 is 1.77 bits per heavy atom. The van der Waals surface area contributed by atoms with Crippen molar-refractivity contribution in [2.75, 3.05) is 25.1 Å². The number of hydrogen-bond donors (Lipinski definition) is 1. The van der Waals surface area contributed by atoms with Gasteiger partial charge in [-0.15, -0.1) is 0 Å². The average Bonchev–Trinajstić information content (AvgIpc) is 2.64. The van der Waals surface area contributed by atoms with Crippen molar-refractivity contribution in [2.45, 2.75) is 6.92 Å². The lowest BCUT2D eigenvalue weighted by Crippen LogP contribution is -2.37. The van der Waals surface area contributed by atoms with Gasteiger partial charge in [0.05, 0.1) is 12.7 Å². The number of rotatable bonds is 6. The van der Waals surface area contributed by atoms with Gasteiger partial charge < -0.3 is 15.0 Å². The molecule has 0 heterocycles. The second-order valence-electron chi connectivity index (χ2n) is 5.48. The van der Waals surface area contributed by atoms with E-state index in [0.717, 1.165) is 6.07 Å². The predicted molar refractivity (Wildman–Crippen MR) is 94.5 cm³/mol. The molecule has 0 aliphatic heterocycles. The maximum atomic E-state index is 13.2. The third-order valence-electron chi connectivity index (χ3n) is 3.69. The van der Waals surface area contributed by atoms with Crippen LogP contribution in [0.2, 0.25) is 0 Å². The minimum Gasteiger partial charge on any atom is -0.465 e. The van der Waals surface area contributed by atoms with Crippen LogP contribution >= 0.6 is 0 Å². The molecule has 0 saturated heterocycles. The van der Waals surface area contributed by atoms with Crippen molar-refractivity contribution in [2.24, 2.45) is 0 Å². The molecule has 2 aromatic rings. The van der Waals surface area contributed by atoms with Crippen molar-refractivity contribution in [3.05, 3.63) is 65.5 Å². The standard InChI is InChI=1S/C19H19FN2O4/c1-13(23)22(17-8-6-14(7-9-17)19(25)26-2)11-10-21-18(24)15-4-3-5-16(20)12-15/h3-9,12H,10-11H2,1-2H3,(H,21,24). The highest BCUT2D eigenvalue weighted by Gasteiger charge is 2.14. The summed E-state index contributed by atoms with van der Waals surface area (Å²) < 4.78 is 17.8. The lowest BCUT2D eigenvalue weighted by atomic mass is 10.2. The van der Waals surface area contributed by atoms with E-state index in [-0.39, 0.29) is 24.6 Å². The zero-order valence-electron chi connectivity index (χ0n) is 14.5. The molecule has 1 N–H and O–H groups in total. The number of anilines is 1. The molecule has 0 aliphatic rings. The van der Waals surface area contributed by atoms with Crippen molar-refractivity contribution in [3.8, 4) is 0 Å². The largest absolute Gasteiger partial charge is 0.465 e. The molecule has 2 aromatic carbocycles. The van der Waals surface area contributed by atoms with E-state index >= 15 is 0 Å². The van der Waals surface area contributed by atoms with E-state index in [1.807, 2.05) is 0 Å². The molecule has 2 rings (SSSR count). The number of amides is 2. The van der Waals surface area contributed by atoms with Gasteiger partial charge in [0.15, 0.2) is 0 Å². The highest BCUT2D eigenvalue weighted by molar-refractivity contribution is 5.95. The van der Waals surface area contributed by atoms with Gasteiger partial charge in [0, 0.05) is 31.3 Å². The molecule has 0 saturated carbocycles. The van der Waals surface area contributed by atoms with Crippen LogP contribution in [0.3, 0.4) is 0 Å². The second kappa shape index (κ2) is 8.75. The summed E-state index contributed by atoms with van der Waals surface area (Å²) >= 11 is 0. The van der Waals surface area contributed by atoms with E-state index in [4.69, 9.17) is 0 Å². The Hall–Kier alpha value is -3.22. The highest BCUT2D eigenvalue weighted by Crippen LogP contribution is 2.16. The number of ether oxygens (including phenoxy) is 1. The fourth-order valence-electron chi connectivity index (χ4n) is 2.38. The summed E-state index contributed by atoms with van der Waals surface area (Å²) in [5.74, 6) is -1.59. The fraction of sp³-hybridized carbons (Fsp3) is 0.211. The van der Waals surface area contributed by atoms with Crippen LogP contribution in [0, 0.1) is 5.82 Å². The summed E-state index contributed by atoms with van der Waals surface area (Å²) in [6, 6.07) is 11.7. The molecule has 2 amide bonds. The van der Waals surface area contributed by atoms with Crippen molar-refractivity contribution in [1.29, 1.82) is 0 Å². The van der Waals surface area contributed by atoms with E-state index in [1.165, 1.54) is 37.1 Å². The van der Waals surface area contributed by atoms with Crippen LogP contribution in [0.25, 0.3) is 0 Å². The number of hydrogen-bond acceptors (Lipinski definition) is 4. The summed E-state index contributed by atoms with van der Waals surface area (Å²) in [7, 11) is 1.29. The number of benzene rings is 2. The summed E-state index contributed by atoms with van der Waals surface area (Å²) in [5.41, 5.74) is 1.17. The summed E-state index contributed by atoms with van der Waals surface area (Å²) in [5, 5.41) is 2.65. The average molecular weight is 358 g/mol. The zero-order valence-corrected chi connectivity index (χ0v) is 14.5.